The molecule has 108 valence electrons. The molecule has 1 fully saturated rings. The van der Waals surface area contributed by atoms with Crippen molar-refractivity contribution in [1.82, 2.24) is 4.90 Å². The van der Waals surface area contributed by atoms with Gasteiger partial charge in [-0.25, -0.2) is 0 Å². The number of ether oxygens (including phenoxy) is 3. The Hall–Kier alpha value is -1.93. The van der Waals surface area contributed by atoms with Crippen molar-refractivity contribution in [3.8, 4) is 23.3 Å². The molecule has 0 N–H and O–H groups in total. The maximum Gasteiger partial charge on any atom is 0.164 e. The zero-order chi connectivity index (χ0) is 14.5. The summed E-state index contributed by atoms with van der Waals surface area (Å²) in [4.78, 5) is 2.17. The van der Waals surface area contributed by atoms with E-state index in [1.807, 2.05) is 6.07 Å². The van der Waals surface area contributed by atoms with Crippen LogP contribution in [0.2, 0.25) is 0 Å². The van der Waals surface area contributed by atoms with E-state index >= 15 is 0 Å². The number of nitrogens with zero attached hydrogens (tertiary/aromatic N) is 2. The monoisotopic (exact) mass is 276 g/mol. The van der Waals surface area contributed by atoms with Crippen LogP contribution in [0.25, 0.3) is 0 Å². The Morgan fingerprint density at radius 3 is 2.05 bits per heavy atom. The molecule has 1 aromatic rings. The van der Waals surface area contributed by atoms with Crippen molar-refractivity contribution in [2.24, 2.45) is 0 Å². The van der Waals surface area contributed by atoms with Crippen molar-refractivity contribution in [3.63, 3.8) is 0 Å². The molecule has 0 spiro atoms. The first kappa shape index (κ1) is 14.5. The summed E-state index contributed by atoms with van der Waals surface area (Å²) in [5, 5.41) is 9.53. The lowest BCUT2D eigenvalue weighted by atomic mass is 10.0. The third-order valence-corrected chi connectivity index (χ3v) is 3.66. The van der Waals surface area contributed by atoms with Gasteiger partial charge in [-0.3, -0.25) is 4.90 Å². The molecule has 0 aliphatic carbocycles. The molecule has 20 heavy (non-hydrogen) atoms. The predicted molar refractivity (Wildman–Crippen MR) is 75.3 cm³/mol. The van der Waals surface area contributed by atoms with Crippen LogP contribution in [0.3, 0.4) is 0 Å². The van der Waals surface area contributed by atoms with Gasteiger partial charge >= 0.3 is 0 Å². The Bertz CT molecular complexity index is 505. The summed E-state index contributed by atoms with van der Waals surface area (Å²) in [6.45, 7) is 1.88. The van der Waals surface area contributed by atoms with Gasteiger partial charge in [0.15, 0.2) is 11.5 Å². The summed E-state index contributed by atoms with van der Waals surface area (Å²) in [6.07, 6.45) is 2.27. The molecule has 1 atom stereocenters. The normalized spacial score (nSPS) is 16.5. The Labute approximate surface area is 119 Å². The summed E-state index contributed by atoms with van der Waals surface area (Å²) >= 11 is 0. The lowest BCUT2D eigenvalue weighted by Gasteiger charge is -2.24. The van der Waals surface area contributed by atoms with Gasteiger partial charge in [-0.05, 0) is 32.0 Å². The van der Waals surface area contributed by atoms with Gasteiger partial charge in [0, 0.05) is 11.6 Å². The first-order chi connectivity index (χ1) is 9.74. The molecule has 1 unspecified atom stereocenters. The first-order valence-electron chi connectivity index (χ1n) is 6.68. The number of methoxy groups -OCH3 is 3. The minimum atomic E-state index is -0.313. The van der Waals surface area contributed by atoms with E-state index in [1.165, 1.54) is 0 Å². The smallest absolute Gasteiger partial charge is 0.164 e. The Morgan fingerprint density at radius 1 is 1.00 bits per heavy atom. The minimum Gasteiger partial charge on any atom is -0.496 e. The SMILES string of the molecule is COc1cc(OC)c(C(C#N)N2CCCC2)cc1OC. The van der Waals surface area contributed by atoms with Crippen molar-refractivity contribution < 1.29 is 14.2 Å². The Morgan fingerprint density at radius 2 is 1.55 bits per heavy atom. The molecule has 5 heteroatoms. The average Bonchev–Trinajstić information content (AvgIpc) is 3.01. The zero-order valence-electron chi connectivity index (χ0n) is 12.2. The number of benzene rings is 1. The van der Waals surface area contributed by atoms with Gasteiger partial charge in [0.25, 0.3) is 0 Å². The number of rotatable bonds is 5. The van der Waals surface area contributed by atoms with Crippen LogP contribution in [0.5, 0.6) is 17.2 Å². The minimum absolute atomic E-state index is 0.313. The van der Waals surface area contributed by atoms with Crippen LogP contribution in [-0.4, -0.2) is 39.3 Å². The van der Waals surface area contributed by atoms with Crippen molar-refractivity contribution in [2.75, 3.05) is 34.4 Å². The third kappa shape index (κ3) is 2.66. The molecule has 1 aliphatic rings. The van der Waals surface area contributed by atoms with E-state index < -0.39 is 0 Å². The zero-order valence-corrected chi connectivity index (χ0v) is 12.2. The second-order valence-electron chi connectivity index (χ2n) is 4.72. The van der Waals surface area contributed by atoms with Crippen LogP contribution in [0.1, 0.15) is 24.4 Å². The van der Waals surface area contributed by atoms with E-state index in [0.717, 1.165) is 31.5 Å². The highest BCUT2D eigenvalue weighted by atomic mass is 16.5. The quantitative estimate of drug-likeness (QED) is 0.826. The highest BCUT2D eigenvalue weighted by Crippen LogP contribution is 2.39. The molecule has 1 heterocycles. The standard InChI is InChI=1S/C15H20N2O3/c1-18-13-9-15(20-3)14(19-2)8-11(13)12(10-16)17-6-4-5-7-17/h8-9,12H,4-7H2,1-3H3. The van der Waals surface area contributed by atoms with E-state index in [-0.39, 0.29) is 6.04 Å². The van der Waals surface area contributed by atoms with Gasteiger partial charge in [-0.1, -0.05) is 0 Å². The molecule has 1 aromatic carbocycles. The van der Waals surface area contributed by atoms with Gasteiger partial charge in [-0.2, -0.15) is 5.26 Å². The molecule has 0 radical (unpaired) electrons. The first-order valence-corrected chi connectivity index (χ1v) is 6.68. The Kier molecular flexibility index (Phi) is 4.70. The van der Waals surface area contributed by atoms with Crippen LogP contribution in [0.15, 0.2) is 12.1 Å². The van der Waals surface area contributed by atoms with Gasteiger partial charge < -0.3 is 14.2 Å². The van der Waals surface area contributed by atoms with Gasteiger partial charge in [0.05, 0.1) is 27.4 Å². The van der Waals surface area contributed by atoms with E-state index in [0.29, 0.717) is 17.2 Å². The van der Waals surface area contributed by atoms with Gasteiger partial charge in [0.2, 0.25) is 0 Å². The topological polar surface area (TPSA) is 54.7 Å². The maximum atomic E-state index is 9.53. The van der Waals surface area contributed by atoms with Crippen molar-refractivity contribution in [2.45, 2.75) is 18.9 Å². The van der Waals surface area contributed by atoms with Gasteiger partial charge in [-0.15, -0.1) is 0 Å². The number of likely N-dealkylation sites (tertiary alicyclic amines) is 1. The molecule has 0 aromatic heterocycles. The highest BCUT2D eigenvalue weighted by Gasteiger charge is 2.27. The summed E-state index contributed by atoms with van der Waals surface area (Å²) < 4.78 is 16.0. The summed E-state index contributed by atoms with van der Waals surface area (Å²) in [5.74, 6) is 1.87. The van der Waals surface area contributed by atoms with E-state index in [9.17, 15) is 5.26 Å². The van der Waals surface area contributed by atoms with Crippen molar-refractivity contribution in [3.05, 3.63) is 17.7 Å². The fourth-order valence-electron chi connectivity index (χ4n) is 2.61. The summed E-state index contributed by atoms with van der Waals surface area (Å²) in [7, 11) is 4.77. The van der Waals surface area contributed by atoms with Crippen LogP contribution in [-0.2, 0) is 0 Å². The second-order valence-corrected chi connectivity index (χ2v) is 4.72. The Balaban J connectivity index is 2.44. The fraction of sp³-hybridized carbons (Fsp3) is 0.533. The van der Waals surface area contributed by atoms with Crippen molar-refractivity contribution in [1.29, 1.82) is 5.26 Å². The fourth-order valence-corrected chi connectivity index (χ4v) is 2.61. The molecular weight excluding hydrogens is 256 g/mol. The molecule has 1 saturated heterocycles. The molecule has 0 amide bonds. The number of hydrogen-bond donors (Lipinski definition) is 0. The summed E-state index contributed by atoms with van der Waals surface area (Å²) in [6, 6.07) is 5.67. The van der Waals surface area contributed by atoms with Crippen LogP contribution >= 0.6 is 0 Å². The second kappa shape index (κ2) is 6.49. The molecule has 5 nitrogen and oxygen atoms in total. The predicted octanol–water partition coefficient (Wildman–Crippen LogP) is 2.37. The van der Waals surface area contributed by atoms with Crippen LogP contribution in [0, 0.1) is 11.3 Å². The van der Waals surface area contributed by atoms with Gasteiger partial charge in [0.1, 0.15) is 11.8 Å². The number of hydrogen-bond acceptors (Lipinski definition) is 5. The van der Waals surface area contributed by atoms with E-state index in [1.54, 1.807) is 27.4 Å². The van der Waals surface area contributed by atoms with Crippen LogP contribution in [0.4, 0.5) is 0 Å². The number of nitriles is 1. The highest BCUT2D eigenvalue weighted by molar-refractivity contribution is 5.53. The van der Waals surface area contributed by atoms with Crippen molar-refractivity contribution >= 4 is 0 Å². The molecule has 1 aliphatic heterocycles. The third-order valence-electron chi connectivity index (χ3n) is 3.66. The van der Waals surface area contributed by atoms with E-state index in [2.05, 4.69) is 11.0 Å². The average molecular weight is 276 g/mol. The van der Waals surface area contributed by atoms with E-state index in [4.69, 9.17) is 14.2 Å². The lowest BCUT2D eigenvalue weighted by Crippen LogP contribution is -2.24. The maximum absolute atomic E-state index is 9.53. The molecule has 2 rings (SSSR count). The summed E-state index contributed by atoms with van der Waals surface area (Å²) in [5.41, 5.74) is 0.828. The van der Waals surface area contributed by atoms with Crippen LogP contribution < -0.4 is 14.2 Å². The molecular formula is C15H20N2O3. The molecule has 0 saturated carbocycles. The molecule has 0 bridgehead atoms. The largest absolute Gasteiger partial charge is 0.496 e. The lowest BCUT2D eigenvalue weighted by molar-refractivity contribution is 0.283.